The van der Waals surface area contributed by atoms with Crippen molar-refractivity contribution in [3.8, 4) is 0 Å². The first-order valence-corrected chi connectivity index (χ1v) is 8.92. The molecule has 0 rings (SSSR count). The van der Waals surface area contributed by atoms with E-state index in [9.17, 15) is 14.0 Å². The summed E-state index contributed by atoms with van der Waals surface area (Å²) in [5.41, 5.74) is 0. The molecule has 0 fully saturated rings. The van der Waals surface area contributed by atoms with E-state index in [0.717, 1.165) is 0 Å². The fourth-order valence-corrected chi connectivity index (χ4v) is 3.72. The van der Waals surface area contributed by atoms with Gasteiger partial charge in [-0.1, -0.05) is 20.8 Å². The number of phosphoric ester groups is 2. The molecule has 1 unspecified atom stereocenters. The van der Waals surface area contributed by atoms with Crippen LogP contribution in [-0.2, 0) is 27.0 Å². The molecule has 110 valence electrons. The molecule has 0 aromatic carbocycles. The maximum atomic E-state index is 12.0. The van der Waals surface area contributed by atoms with Crippen molar-refractivity contribution in [2.24, 2.45) is 0 Å². The molecule has 0 amide bonds. The van der Waals surface area contributed by atoms with Crippen LogP contribution in [0.15, 0.2) is 0 Å². The minimum atomic E-state index is -4.42. The largest absolute Gasteiger partial charge is 0.483 e. The van der Waals surface area contributed by atoms with Crippen molar-refractivity contribution >= 4 is 15.6 Å². The Kier molecular flexibility index (Phi) is 9.34. The Morgan fingerprint density at radius 3 is 1.61 bits per heavy atom. The van der Waals surface area contributed by atoms with Gasteiger partial charge >= 0.3 is 15.6 Å². The highest BCUT2D eigenvalue weighted by Crippen LogP contribution is 2.63. The Bertz CT molecular complexity index is 295. The summed E-state index contributed by atoms with van der Waals surface area (Å²) < 4.78 is 42.4. The summed E-state index contributed by atoms with van der Waals surface area (Å²) >= 11 is 0. The average Bonchev–Trinajstić information content (AvgIpc) is 2.31. The van der Waals surface area contributed by atoms with Gasteiger partial charge in [0.05, 0.1) is 19.8 Å². The van der Waals surface area contributed by atoms with Gasteiger partial charge in [-0.3, -0.25) is 13.6 Å². The molecule has 0 saturated heterocycles. The maximum absolute atomic E-state index is 12.0. The van der Waals surface area contributed by atoms with Crippen molar-refractivity contribution in [3.05, 3.63) is 0 Å². The Balaban J connectivity index is 4.55. The molecule has 18 heavy (non-hydrogen) atoms. The summed E-state index contributed by atoms with van der Waals surface area (Å²) in [6, 6.07) is 0. The van der Waals surface area contributed by atoms with E-state index in [1.165, 1.54) is 0 Å². The summed E-state index contributed by atoms with van der Waals surface area (Å²) in [5, 5.41) is 0. The summed E-state index contributed by atoms with van der Waals surface area (Å²) in [7, 11) is -8.48. The maximum Gasteiger partial charge on any atom is 0.483 e. The highest BCUT2D eigenvalue weighted by Gasteiger charge is 2.37. The van der Waals surface area contributed by atoms with Crippen molar-refractivity contribution in [1.29, 1.82) is 0 Å². The van der Waals surface area contributed by atoms with Crippen LogP contribution in [0.3, 0.4) is 0 Å². The van der Waals surface area contributed by atoms with E-state index in [1.54, 1.807) is 20.8 Å². The first-order chi connectivity index (χ1) is 8.39. The van der Waals surface area contributed by atoms with Crippen LogP contribution < -0.4 is 0 Å². The third-order valence-corrected chi connectivity index (χ3v) is 4.70. The van der Waals surface area contributed by atoms with Gasteiger partial charge in [-0.25, -0.2) is 9.13 Å². The number of hydrogen-bond donors (Lipinski definition) is 1. The zero-order valence-electron chi connectivity index (χ0n) is 11.0. The summed E-state index contributed by atoms with van der Waals surface area (Å²) in [4.78, 5) is 9.36. The van der Waals surface area contributed by atoms with Crippen LogP contribution in [0.25, 0.3) is 0 Å². The monoisotopic (exact) mass is 304 g/mol. The first kappa shape index (κ1) is 18.3. The zero-order valence-corrected chi connectivity index (χ0v) is 12.8. The van der Waals surface area contributed by atoms with Gasteiger partial charge in [0.2, 0.25) is 0 Å². The molecule has 0 aromatic rings. The van der Waals surface area contributed by atoms with Gasteiger partial charge in [-0.05, 0) is 19.3 Å². The lowest BCUT2D eigenvalue weighted by Crippen LogP contribution is -2.03. The Morgan fingerprint density at radius 2 is 1.22 bits per heavy atom. The molecule has 0 radical (unpaired) electrons. The molecular formula is C9H22O7P2. The van der Waals surface area contributed by atoms with Crippen LogP contribution in [0, 0.1) is 0 Å². The Hall–Kier alpha value is 0.260. The van der Waals surface area contributed by atoms with Gasteiger partial charge < -0.3 is 4.89 Å². The third kappa shape index (κ3) is 8.38. The van der Waals surface area contributed by atoms with Crippen LogP contribution in [-0.4, -0.2) is 24.7 Å². The van der Waals surface area contributed by atoms with E-state index >= 15 is 0 Å². The molecule has 0 spiro atoms. The highest BCUT2D eigenvalue weighted by atomic mass is 31.3. The molecule has 0 bridgehead atoms. The van der Waals surface area contributed by atoms with Crippen LogP contribution >= 0.6 is 15.6 Å². The quantitative estimate of drug-likeness (QED) is 0.584. The Morgan fingerprint density at radius 1 is 0.833 bits per heavy atom. The second kappa shape index (κ2) is 9.21. The second-order valence-corrected chi connectivity index (χ2v) is 6.76. The lowest BCUT2D eigenvalue weighted by Gasteiger charge is -2.19. The van der Waals surface area contributed by atoms with E-state index in [2.05, 4.69) is 8.83 Å². The van der Waals surface area contributed by atoms with Crippen LogP contribution in [0.4, 0.5) is 0 Å². The minimum Gasteiger partial charge on any atom is -0.302 e. The topological polar surface area (TPSA) is 91.3 Å². The molecular weight excluding hydrogens is 282 g/mol. The van der Waals surface area contributed by atoms with Gasteiger partial charge in [0, 0.05) is 0 Å². The summed E-state index contributed by atoms with van der Waals surface area (Å²) in [6.45, 7) is 5.60. The molecule has 7 nitrogen and oxygen atoms in total. The van der Waals surface area contributed by atoms with Gasteiger partial charge in [-0.2, -0.15) is 4.31 Å². The molecule has 1 atom stereocenters. The van der Waals surface area contributed by atoms with Crippen molar-refractivity contribution in [2.75, 3.05) is 19.8 Å². The van der Waals surface area contributed by atoms with Crippen molar-refractivity contribution in [1.82, 2.24) is 0 Å². The molecule has 1 N–H and O–H groups in total. The molecule has 0 aliphatic heterocycles. The number of rotatable bonds is 11. The predicted octanol–water partition coefficient (Wildman–Crippen LogP) is 3.49. The lowest BCUT2D eigenvalue weighted by atomic mass is 10.5. The molecule has 0 aromatic heterocycles. The molecule has 0 saturated carbocycles. The highest BCUT2D eigenvalue weighted by molar-refractivity contribution is 7.61. The number of phosphoric acid groups is 2. The van der Waals surface area contributed by atoms with Gasteiger partial charge in [0.1, 0.15) is 0 Å². The van der Waals surface area contributed by atoms with Crippen molar-refractivity contribution < 1.29 is 31.9 Å². The van der Waals surface area contributed by atoms with E-state index in [0.29, 0.717) is 19.3 Å². The van der Waals surface area contributed by atoms with E-state index < -0.39 is 15.6 Å². The zero-order chi connectivity index (χ0) is 14.1. The minimum absolute atomic E-state index is 0.0231. The smallest absolute Gasteiger partial charge is 0.302 e. The third-order valence-electron chi connectivity index (χ3n) is 1.57. The number of hydrogen-bond acceptors (Lipinski definition) is 6. The fraction of sp³-hybridized carbons (Fsp3) is 1.00. The van der Waals surface area contributed by atoms with Gasteiger partial charge in [-0.15, -0.1) is 0 Å². The van der Waals surface area contributed by atoms with Crippen LogP contribution in [0.2, 0.25) is 0 Å². The molecule has 0 aliphatic carbocycles. The van der Waals surface area contributed by atoms with Crippen LogP contribution in [0.5, 0.6) is 0 Å². The van der Waals surface area contributed by atoms with E-state index in [-0.39, 0.29) is 19.8 Å². The standard InChI is InChI=1S/C9H22O7P2/c1-4-7-13-17(10,11)16-18(12,14-8-5-2)15-9-6-3/h4-9H2,1-3H3,(H,10,11). The molecule has 9 heteroatoms. The van der Waals surface area contributed by atoms with Gasteiger partial charge in [0.15, 0.2) is 0 Å². The lowest BCUT2D eigenvalue weighted by molar-refractivity contribution is 0.127. The van der Waals surface area contributed by atoms with Crippen molar-refractivity contribution in [3.63, 3.8) is 0 Å². The van der Waals surface area contributed by atoms with Gasteiger partial charge in [0.25, 0.3) is 0 Å². The van der Waals surface area contributed by atoms with E-state index in [4.69, 9.17) is 9.05 Å². The fourth-order valence-electron chi connectivity index (χ4n) is 0.847. The normalized spacial score (nSPS) is 15.6. The molecule has 0 aliphatic rings. The van der Waals surface area contributed by atoms with E-state index in [1.807, 2.05) is 0 Å². The first-order valence-electron chi connectivity index (χ1n) is 5.97. The molecule has 0 heterocycles. The van der Waals surface area contributed by atoms with Crippen LogP contribution in [0.1, 0.15) is 40.0 Å². The summed E-state index contributed by atoms with van der Waals surface area (Å²) in [5.74, 6) is 0. The predicted molar refractivity (Wildman–Crippen MR) is 67.2 cm³/mol. The average molecular weight is 304 g/mol. The Labute approximate surface area is 108 Å². The summed E-state index contributed by atoms with van der Waals surface area (Å²) in [6.07, 6.45) is 1.69. The van der Waals surface area contributed by atoms with Crippen molar-refractivity contribution in [2.45, 2.75) is 40.0 Å². The SMILES string of the molecule is CCCOP(=O)(O)OP(=O)(OCCC)OCCC. The second-order valence-electron chi connectivity index (χ2n) is 3.50.